The third kappa shape index (κ3) is 2.37. The summed E-state index contributed by atoms with van der Waals surface area (Å²) in [4.78, 5) is 4.11. The van der Waals surface area contributed by atoms with Gasteiger partial charge in [0, 0.05) is 11.8 Å². The normalized spacial score (nSPS) is 10.7. The van der Waals surface area contributed by atoms with Gasteiger partial charge >= 0.3 is 0 Å². The van der Waals surface area contributed by atoms with Crippen molar-refractivity contribution in [1.82, 2.24) is 10.1 Å². The standard InChI is InChI=1S/C15H11BrN2O2/c16-13-8-11(6-7-17-13)14-12(9-19)18-20-15(14)10-4-2-1-3-5-10/h1-8,19H,9H2. The highest BCUT2D eigenvalue weighted by Gasteiger charge is 2.18. The molecule has 2 heterocycles. The van der Waals surface area contributed by atoms with Crippen LogP contribution in [-0.4, -0.2) is 15.2 Å². The lowest BCUT2D eigenvalue weighted by atomic mass is 10.0. The predicted molar refractivity (Wildman–Crippen MR) is 78.8 cm³/mol. The largest absolute Gasteiger partial charge is 0.390 e. The zero-order valence-electron chi connectivity index (χ0n) is 10.5. The van der Waals surface area contributed by atoms with Crippen molar-refractivity contribution in [3.63, 3.8) is 0 Å². The average Bonchev–Trinajstić information content (AvgIpc) is 2.92. The van der Waals surface area contributed by atoms with Gasteiger partial charge in [0.2, 0.25) is 0 Å². The number of halogens is 1. The fraction of sp³-hybridized carbons (Fsp3) is 0.0667. The quantitative estimate of drug-likeness (QED) is 0.744. The smallest absolute Gasteiger partial charge is 0.175 e. The highest BCUT2D eigenvalue weighted by molar-refractivity contribution is 9.10. The molecule has 0 radical (unpaired) electrons. The number of hydrogen-bond acceptors (Lipinski definition) is 4. The molecule has 2 aromatic heterocycles. The highest BCUT2D eigenvalue weighted by atomic mass is 79.9. The molecule has 0 aliphatic heterocycles. The Balaban J connectivity index is 2.21. The Bertz CT molecular complexity index is 726. The molecular formula is C15H11BrN2O2. The summed E-state index contributed by atoms with van der Waals surface area (Å²) in [6.07, 6.45) is 1.70. The molecule has 0 amide bonds. The van der Waals surface area contributed by atoms with Crippen LogP contribution in [0.4, 0.5) is 0 Å². The van der Waals surface area contributed by atoms with Crippen molar-refractivity contribution in [2.75, 3.05) is 0 Å². The summed E-state index contributed by atoms with van der Waals surface area (Å²) in [6, 6.07) is 13.4. The molecule has 1 aromatic carbocycles. The minimum atomic E-state index is -0.175. The summed E-state index contributed by atoms with van der Waals surface area (Å²) in [5.41, 5.74) is 3.13. The molecule has 20 heavy (non-hydrogen) atoms. The highest BCUT2D eigenvalue weighted by Crippen LogP contribution is 2.35. The first kappa shape index (κ1) is 13.0. The molecule has 3 rings (SSSR count). The van der Waals surface area contributed by atoms with E-state index in [1.807, 2.05) is 42.5 Å². The zero-order valence-corrected chi connectivity index (χ0v) is 12.0. The lowest BCUT2D eigenvalue weighted by molar-refractivity contribution is 0.267. The van der Waals surface area contributed by atoms with Crippen molar-refractivity contribution in [3.05, 3.63) is 59.0 Å². The summed E-state index contributed by atoms with van der Waals surface area (Å²) in [6.45, 7) is -0.175. The molecular weight excluding hydrogens is 320 g/mol. The Morgan fingerprint density at radius 2 is 1.90 bits per heavy atom. The molecule has 0 atom stereocenters. The van der Waals surface area contributed by atoms with E-state index >= 15 is 0 Å². The van der Waals surface area contributed by atoms with E-state index in [1.54, 1.807) is 6.20 Å². The fourth-order valence-electron chi connectivity index (χ4n) is 2.07. The molecule has 0 saturated carbocycles. The van der Waals surface area contributed by atoms with Gasteiger partial charge in [-0.05, 0) is 33.6 Å². The van der Waals surface area contributed by atoms with Crippen LogP contribution < -0.4 is 0 Å². The van der Waals surface area contributed by atoms with E-state index in [1.165, 1.54) is 0 Å². The molecule has 5 heteroatoms. The Labute approximate surface area is 124 Å². The summed E-state index contributed by atoms with van der Waals surface area (Å²) < 4.78 is 6.14. The maximum absolute atomic E-state index is 9.46. The van der Waals surface area contributed by atoms with Gasteiger partial charge in [0.15, 0.2) is 5.76 Å². The van der Waals surface area contributed by atoms with Crippen LogP contribution in [0, 0.1) is 0 Å². The van der Waals surface area contributed by atoms with Crippen LogP contribution in [0.5, 0.6) is 0 Å². The Kier molecular flexibility index (Phi) is 3.62. The van der Waals surface area contributed by atoms with Gasteiger partial charge in [-0.1, -0.05) is 35.5 Å². The number of hydrogen-bond donors (Lipinski definition) is 1. The van der Waals surface area contributed by atoms with Gasteiger partial charge in [0.05, 0.1) is 12.2 Å². The lowest BCUT2D eigenvalue weighted by Gasteiger charge is -2.04. The average molecular weight is 331 g/mol. The maximum Gasteiger partial charge on any atom is 0.175 e. The van der Waals surface area contributed by atoms with Crippen molar-refractivity contribution in [1.29, 1.82) is 0 Å². The first-order valence-electron chi connectivity index (χ1n) is 6.06. The molecule has 0 unspecified atom stereocenters. The van der Waals surface area contributed by atoms with Crippen LogP contribution in [0.25, 0.3) is 22.5 Å². The maximum atomic E-state index is 9.46. The van der Waals surface area contributed by atoms with Gasteiger partial charge in [-0.2, -0.15) is 0 Å². The van der Waals surface area contributed by atoms with E-state index in [9.17, 15) is 5.11 Å². The second-order valence-electron chi connectivity index (χ2n) is 4.22. The number of rotatable bonds is 3. The number of pyridine rings is 1. The van der Waals surface area contributed by atoms with E-state index in [0.29, 0.717) is 11.5 Å². The molecule has 0 aliphatic rings. The Hall–Kier alpha value is -1.98. The Morgan fingerprint density at radius 1 is 1.10 bits per heavy atom. The van der Waals surface area contributed by atoms with Crippen molar-refractivity contribution in [2.24, 2.45) is 0 Å². The molecule has 0 saturated heterocycles. The number of benzene rings is 1. The van der Waals surface area contributed by atoms with Gasteiger partial charge in [0.1, 0.15) is 10.3 Å². The van der Waals surface area contributed by atoms with E-state index in [0.717, 1.165) is 21.3 Å². The minimum absolute atomic E-state index is 0.175. The van der Waals surface area contributed by atoms with Crippen LogP contribution >= 0.6 is 15.9 Å². The van der Waals surface area contributed by atoms with E-state index in [2.05, 4.69) is 26.1 Å². The summed E-state index contributed by atoms with van der Waals surface area (Å²) in [5, 5.41) is 13.4. The van der Waals surface area contributed by atoms with Gasteiger partial charge in [-0.25, -0.2) is 4.98 Å². The van der Waals surface area contributed by atoms with Gasteiger partial charge in [0.25, 0.3) is 0 Å². The molecule has 0 fully saturated rings. The van der Waals surface area contributed by atoms with E-state index in [-0.39, 0.29) is 6.61 Å². The first-order valence-corrected chi connectivity index (χ1v) is 6.85. The summed E-state index contributed by atoms with van der Waals surface area (Å²) in [7, 11) is 0. The molecule has 0 bridgehead atoms. The van der Waals surface area contributed by atoms with Crippen LogP contribution in [0.1, 0.15) is 5.69 Å². The van der Waals surface area contributed by atoms with Gasteiger partial charge < -0.3 is 9.63 Å². The third-order valence-corrected chi connectivity index (χ3v) is 3.40. The van der Waals surface area contributed by atoms with E-state index in [4.69, 9.17) is 4.52 Å². The van der Waals surface area contributed by atoms with Crippen molar-refractivity contribution in [2.45, 2.75) is 6.61 Å². The minimum Gasteiger partial charge on any atom is -0.390 e. The third-order valence-electron chi connectivity index (χ3n) is 2.96. The number of nitrogens with zero attached hydrogens (tertiary/aromatic N) is 2. The summed E-state index contributed by atoms with van der Waals surface area (Å²) >= 11 is 3.35. The van der Waals surface area contributed by atoms with Crippen LogP contribution in [0.2, 0.25) is 0 Å². The topological polar surface area (TPSA) is 59.2 Å². The van der Waals surface area contributed by atoms with Crippen LogP contribution in [0.3, 0.4) is 0 Å². The van der Waals surface area contributed by atoms with Crippen molar-refractivity contribution < 1.29 is 9.63 Å². The SMILES string of the molecule is OCc1noc(-c2ccccc2)c1-c1ccnc(Br)c1. The Morgan fingerprint density at radius 3 is 2.60 bits per heavy atom. The molecule has 0 aliphatic carbocycles. The molecule has 4 nitrogen and oxygen atoms in total. The van der Waals surface area contributed by atoms with Gasteiger partial charge in [-0.15, -0.1) is 0 Å². The summed E-state index contributed by atoms with van der Waals surface area (Å²) in [5.74, 6) is 0.646. The van der Waals surface area contributed by atoms with Crippen molar-refractivity contribution in [3.8, 4) is 22.5 Å². The van der Waals surface area contributed by atoms with Crippen LogP contribution in [-0.2, 0) is 6.61 Å². The number of aromatic nitrogens is 2. The monoisotopic (exact) mass is 330 g/mol. The molecule has 3 aromatic rings. The van der Waals surface area contributed by atoms with Crippen molar-refractivity contribution >= 4 is 15.9 Å². The second-order valence-corrected chi connectivity index (χ2v) is 5.04. The predicted octanol–water partition coefficient (Wildman–Crippen LogP) is 3.66. The molecule has 0 spiro atoms. The van der Waals surface area contributed by atoms with Crippen LogP contribution in [0.15, 0.2) is 57.8 Å². The second kappa shape index (κ2) is 5.56. The first-order chi connectivity index (χ1) is 9.79. The molecule has 100 valence electrons. The van der Waals surface area contributed by atoms with Gasteiger partial charge in [-0.3, -0.25) is 0 Å². The zero-order chi connectivity index (χ0) is 13.9. The lowest BCUT2D eigenvalue weighted by Crippen LogP contribution is -1.89. The van der Waals surface area contributed by atoms with E-state index < -0.39 is 0 Å². The molecule has 1 N–H and O–H groups in total. The fourth-order valence-corrected chi connectivity index (χ4v) is 2.44. The number of aliphatic hydroxyl groups is 1. The number of aliphatic hydroxyl groups excluding tert-OH is 1.